The van der Waals surface area contributed by atoms with Crippen molar-refractivity contribution in [1.29, 1.82) is 0 Å². The normalized spacial score (nSPS) is 19.9. The van der Waals surface area contributed by atoms with Gasteiger partial charge in [0.05, 0.1) is 7.11 Å². The van der Waals surface area contributed by atoms with Crippen LogP contribution in [0.2, 0.25) is 0 Å². The van der Waals surface area contributed by atoms with E-state index in [9.17, 15) is 0 Å². The monoisotopic (exact) mass is 275 g/mol. The van der Waals surface area contributed by atoms with Crippen molar-refractivity contribution in [3.63, 3.8) is 0 Å². The number of aliphatic imine (C=N–C) groups is 1. The molecular weight excluding hydrogens is 250 g/mol. The highest BCUT2D eigenvalue weighted by atomic mass is 16.5. The van der Waals surface area contributed by atoms with Crippen molar-refractivity contribution in [2.24, 2.45) is 10.9 Å². The lowest BCUT2D eigenvalue weighted by molar-refractivity contribution is 0.266. The number of likely N-dealkylation sites (tertiary alicyclic amines) is 1. The molecule has 1 aromatic carbocycles. The highest BCUT2D eigenvalue weighted by Gasteiger charge is 2.18. The molecule has 0 bridgehead atoms. The average Bonchev–Trinajstić information content (AvgIpc) is 2.48. The number of nitrogens with zero attached hydrogens (tertiary/aromatic N) is 2. The molecule has 4 heteroatoms. The molecule has 0 saturated carbocycles. The molecule has 0 radical (unpaired) electrons. The second-order valence-corrected chi connectivity index (χ2v) is 5.44. The number of methoxy groups -OCH3 is 1. The molecule has 1 atom stereocenters. The van der Waals surface area contributed by atoms with E-state index < -0.39 is 0 Å². The summed E-state index contributed by atoms with van der Waals surface area (Å²) in [6.07, 6.45) is 2.58. The predicted molar refractivity (Wildman–Crippen MR) is 83.2 cm³/mol. The third-order valence-corrected chi connectivity index (χ3v) is 3.78. The van der Waals surface area contributed by atoms with Gasteiger partial charge in [0.25, 0.3) is 0 Å². The number of hydrogen-bond donors (Lipinski definition) is 1. The molecule has 0 spiro atoms. The van der Waals surface area contributed by atoms with E-state index in [0.717, 1.165) is 37.3 Å². The van der Waals surface area contributed by atoms with Crippen molar-refractivity contribution < 1.29 is 4.74 Å². The quantitative estimate of drug-likeness (QED) is 0.680. The fourth-order valence-electron chi connectivity index (χ4n) is 2.64. The molecule has 1 saturated heterocycles. The highest BCUT2D eigenvalue weighted by molar-refractivity contribution is 5.79. The molecule has 1 N–H and O–H groups in total. The Morgan fingerprint density at radius 2 is 2.15 bits per heavy atom. The van der Waals surface area contributed by atoms with Gasteiger partial charge in [0.1, 0.15) is 5.75 Å². The second-order valence-electron chi connectivity index (χ2n) is 5.44. The minimum Gasteiger partial charge on any atom is -0.497 e. The van der Waals surface area contributed by atoms with Crippen molar-refractivity contribution >= 4 is 5.96 Å². The van der Waals surface area contributed by atoms with E-state index in [2.05, 4.69) is 34.3 Å². The van der Waals surface area contributed by atoms with Crippen LogP contribution in [-0.4, -0.2) is 38.1 Å². The van der Waals surface area contributed by atoms with Gasteiger partial charge in [-0.3, -0.25) is 4.99 Å². The Morgan fingerprint density at radius 3 is 2.75 bits per heavy atom. The summed E-state index contributed by atoms with van der Waals surface area (Å²) < 4.78 is 5.17. The SMILES string of the molecule is CN=C(NCc1ccc(OC)cc1)N1CCCC(C)C1. The lowest BCUT2D eigenvalue weighted by atomic mass is 10.0. The van der Waals surface area contributed by atoms with Crippen LogP contribution in [0.25, 0.3) is 0 Å². The zero-order chi connectivity index (χ0) is 14.4. The topological polar surface area (TPSA) is 36.9 Å². The van der Waals surface area contributed by atoms with Crippen LogP contribution in [-0.2, 0) is 6.54 Å². The van der Waals surface area contributed by atoms with Crippen LogP contribution in [0, 0.1) is 5.92 Å². The van der Waals surface area contributed by atoms with Crippen molar-refractivity contribution in [2.75, 3.05) is 27.2 Å². The highest BCUT2D eigenvalue weighted by Crippen LogP contribution is 2.16. The Balaban J connectivity index is 1.90. The number of benzene rings is 1. The van der Waals surface area contributed by atoms with Crippen LogP contribution < -0.4 is 10.1 Å². The van der Waals surface area contributed by atoms with E-state index in [4.69, 9.17) is 4.74 Å². The molecule has 4 nitrogen and oxygen atoms in total. The molecule has 110 valence electrons. The summed E-state index contributed by atoms with van der Waals surface area (Å²) in [5, 5.41) is 3.45. The number of nitrogens with one attached hydrogen (secondary N) is 1. The van der Waals surface area contributed by atoms with Gasteiger partial charge >= 0.3 is 0 Å². The Kier molecular flexibility index (Phi) is 5.27. The smallest absolute Gasteiger partial charge is 0.193 e. The molecule has 1 unspecified atom stereocenters. The maximum Gasteiger partial charge on any atom is 0.193 e. The van der Waals surface area contributed by atoms with Gasteiger partial charge in [0.15, 0.2) is 5.96 Å². The molecule has 1 aliphatic rings. The van der Waals surface area contributed by atoms with Gasteiger partial charge in [-0.2, -0.15) is 0 Å². The fraction of sp³-hybridized carbons (Fsp3) is 0.562. The first-order chi connectivity index (χ1) is 9.72. The van der Waals surface area contributed by atoms with E-state index in [1.165, 1.54) is 18.4 Å². The summed E-state index contributed by atoms with van der Waals surface area (Å²) in [5.41, 5.74) is 1.23. The molecule has 1 heterocycles. The lowest BCUT2D eigenvalue weighted by Crippen LogP contribution is -2.45. The summed E-state index contributed by atoms with van der Waals surface area (Å²) >= 11 is 0. The van der Waals surface area contributed by atoms with Gasteiger partial charge in [0.2, 0.25) is 0 Å². The van der Waals surface area contributed by atoms with E-state index in [-0.39, 0.29) is 0 Å². The zero-order valence-electron chi connectivity index (χ0n) is 12.7. The van der Waals surface area contributed by atoms with Crippen LogP contribution in [0.5, 0.6) is 5.75 Å². The molecular formula is C16H25N3O. The van der Waals surface area contributed by atoms with Gasteiger partial charge in [-0.25, -0.2) is 0 Å². The van der Waals surface area contributed by atoms with E-state index in [1.54, 1.807) is 7.11 Å². The van der Waals surface area contributed by atoms with Crippen LogP contribution in [0.15, 0.2) is 29.3 Å². The minimum atomic E-state index is 0.753. The third kappa shape index (κ3) is 3.89. The van der Waals surface area contributed by atoms with Gasteiger partial charge in [0, 0.05) is 26.7 Å². The number of guanidine groups is 1. The van der Waals surface area contributed by atoms with Gasteiger partial charge < -0.3 is 15.0 Å². The van der Waals surface area contributed by atoms with Gasteiger partial charge in [-0.1, -0.05) is 19.1 Å². The minimum absolute atomic E-state index is 0.753. The maximum atomic E-state index is 5.17. The second kappa shape index (κ2) is 7.17. The summed E-state index contributed by atoms with van der Waals surface area (Å²) in [6.45, 7) is 5.30. The standard InChI is InChI=1S/C16H25N3O/c1-13-5-4-10-19(12-13)16(17-2)18-11-14-6-8-15(20-3)9-7-14/h6-9,13H,4-5,10-12H2,1-3H3,(H,17,18). The first-order valence-electron chi connectivity index (χ1n) is 7.31. The van der Waals surface area contributed by atoms with Crippen LogP contribution in [0.4, 0.5) is 0 Å². The molecule has 0 aromatic heterocycles. The molecule has 20 heavy (non-hydrogen) atoms. The Hall–Kier alpha value is -1.71. The van der Waals surface area contributed by atoms with Crippen molar-refractivity contribution in [1.82, 2.24) is 10.2 Å². The largest absolute Gasteiger partial charge is 0.497 e. The zero-order valence-corrected chi connectivity index (χ0v) is 12.7. The molecule has 1 aromatic rings. The Bertz CT molecular complexity index is 442. The Morgan fingerprint density at radius 1 is 1.40 bits per heavy atom. The van der Waals surface area contributed by atoms with E-state index in [0.29, 0.717) is 0 Å². The molecule has 0 amide bonds. The first kappa shape index (κ1) is 14.7. The number of hydrogen-bond acceptors (Lipinski definition) is 2. The van der Waals surface area contributed by atoms with Crippen molar-refractivity contribution in [2.45, 2.75) is 26.3 Å². The summed E-state index contributed by atoms with van der Waals surface area (Å²) in [7, 11) is 3.54. The summed E-state index contributed by atoms with van der Waals surface area (Å²) in [5.74, 6) is 2.65. The Labute approximate surface area is 121 Å². The number of piperidine rings is 1. The van der Waals surface area contributed by atoms with Crippen LogP contribution in [0.1, 0.15) is 25.3 Å². The van der Waals surface area contributed by atoms with E-state index >= 15 is 0 Å². The summed E-state index contributed by atoms with van der Waals surface area (Å²) in [6, 6.07) is 8.14. The van der Waals surface area contributed by atoms with Crippen LogP contribution in [0.3, 0.4) is 0 Å². The van der Waals surface area contributed by atoms with E-state index in [1.807, 2.05) is 19.2 Å². The van der Waals surface area contributed by atoms with Gasteiger partial charge in [-0.15, -0.1) is 0 Å². The number of ether oxygens (including phenoxy) is 1. The van der Waals surface area contributed by atoms with Crippen molar-refractivity contribution in [3.05, 3.63) is 29.8 Å². The molecule has 2 rings (SSSR count). The number of rotatable bonds is 3. The van der Waals surface area contributed by atoms with Crippen LogP contribution >= 0.6 is 0 Å². The molecule has 1 aliphatic heterocycles. The predicted octanol–water partition coefficient (Wildman–Crippen LogP) is 2.50. The maximum absolute atomic E-state index is 5.17. The fourth-order valence-corrected chi connectivity index (χ4v) is 2.64. The lowest BCUT2D eigenvalue weighted by Gasteiger charge is -2.33. The van der Waals surface area contributed by atoms with Gasteiger partial charge in [-0.05, 0) is 36.5 Å². The molecule has 1 fully saturated rings. The third-order valence-electron chi connectivity index (χ3n) is 3.78. The molecule has 0 aliphatic carbocycles. The summed E-state index contributed by atoms with van der Waals surface area (Å²) in [4.78, 5) is 6.76. The first-order valence-corrected chi connectivity index (χ1v) is 7.31. The average molecular weight is 275 g/mol. The van der Waals surface area contributed by atoms with Crippen molar-refractivity contribution in [3.8, 4) is 5.75 Å².